The van der Waals surface area contributed by atoms with Gasteiger partial charge in [-0.05, 0) is 29.7 Å². The summed E-state index contributed by atoms with van der Waals surface area (Å²) in [5, 5.41) is 0. The second-order valence-electron chi connectivity index (χ2n) is 6.05. The van der Waals surface area contributed by atoms with Crippen LogP contribution in [0.1, 0.15) is 16.7 Å². The highest BCUT2D eigenvalue weighted by Crippen LogP contribution is 2.32. The number of carbonyl (C=O) groups is 2. The maximum Gasteiger partial charge on any atom is 0.417 e. The normalized spacial score (nSPS) is 17.4. The molecule has 1 heterocycles. The van der Waals surface area contributed by atoms with Crippen molar-refractivity contribution in [1.82, 2.24) is 4.90 Å². The van der Waals surface area contributed by atoms with Crippen molar-refractivity contribution >= 4 is 18.1 Å². The van der Waals surface area contributed by atoms with E-state index in [4.69, 9.17) is 4.74 Å². The average Bonchev–Trinajstić information content (AvgIpc) is 3.00. The molecule has 140 valence electrons. The number of imide groups is 1. The van der Waals surface area contributed by atoms with Crippen LogP contribution in [0, 0.1) is 0 Å². The van der Waals surface area contributed by atoms with Crippen LogP contribution in [0.4, 0.5) is 18.0 Å². The van der Waals surface area contributed by atoms with Crippen LogP contribution in [0.5, 0.6) is 0 Å². The van der Waals surface area contributed by atoms with E-state index < -0.39 is 29.8 Å². The zero-order chi connectivity index (χ0) is 19.4. The number of carbonyl (C=O) groups excluding carboxylic acids is 2. The van der Waals surface area contributed by atoms with Gasteiger partial charge < -0.3 is 4.74 Å². The Bertz CT molecular complexity index is 862. The van der Waals surface area contributed by atoms with E-state index in [1.807, 2.05) is 30.3 Å². The van der Waals surface area contributed by atoms with Crippen molar-refractivity contribution < 1.29 is 27.5 Å². The molecule has 1 atom stereocenters. The smallest absolute Gasteiger partial charge is 0.417 e. The van der Waals surface area contributed by atoms with Crippen molar-refractivity contribution in [3.63, 3.8) is 0 Å². The van der Waals surface area contributed by atoms with Crippen molar-refractivity contribution in [3.05, 3.63) is 77.4 Å². The third-order valence-electron chi connectivity index (χ3n) is 4.18. The number of hydrogen-bond donors (Lipinski definition) is 0. The van der Waals surface area contributed by atoms with Crippen molar-refractivity contribution in [2.45, 2.75) is 18.6 Å². The molecule has 2 amide bonds. The summed E-state index contributed by atoms with van der Waals surface area (Å²) in [6.45, 7) is 0.0481. The second kappa shape index (κ2) is 7.65. The Morgan fingerprint density at radius 2 is 1.78 bits per heavy atom. The number of amides is 2. The summed E-state index contributed by atoms with van der Waals surface area (Å²) in [4.78, 5) is 25.3. The van der Waals surface area contributed by atoms with Crippen LogP contribution in [0.15, 0.2) is 60.7 Å². The van der Waals surface area contributed by atoms with Crippen LogP contribution in [-0.2, 0) is 22.1 Å². The van der Waals surface area contributed by atoms with E-state index in [9.17, 15) is 22.8 Å². The molecule has 27 heavy (non-hydrogen) atoms. The molecule has 1 fully saturated rings. The lowest BCUT2D eigenvalue weighted by Crippen LogP contribution is -2.39. The zero-order valence-electron chi connectivity index (χ0n) is 14.1. The van der Waals surface area contributed by atoms with Crippen LogP contribution < -0.4 is 0 Å². The van der Waals surface area contributed by atoms with Gasteiger partial charge in [0.25, 0.3) is 5.91 Å². The van der Waals surface area contributed by atoms with Gasteiger partial charge in [-0.3, -0.25) is 4.79 Å². The summed E-state index contributed by atoms with van der Waals surface area (Å²) >= 11 is 0. The Balaban J connectivity index is 1.78. The van der Waals surface area contributed by atoms with Gasteiger partial charge >= 0.3 is 12.3 Å². The molecule has 0 aromatic heterocycles. The number of alkyl halides is 3. The Labute approximate surface area is 153 Å². The molecule has 0 aliphatic carbocycles. The van der Waals surface area contributed by atoms with E-state index in [1.165, 1.54) is 18.2 Å². The second-order valence-corrected chi connectivity index (χ2v) is 6.05. The van der Waals surface area contributed by atoms with Gasteiger partial charge in [-0.1, -0.05) is 48.5 Å². The van der Waals surface area contributed by atoms with Crippen LogP contribution in [0.3, 0.4) is 0 Å². The van der Waals surface area contributed by atoms with E-state index in [-0.39, 0.29) is 12.2 Å². The van der Waals surface area contributed by atoms with E-state index in [0.717, 1.165) is 28.7 Å². The zero-order valence-corrected chi connectivity index (χ0v) is 14.1. The molecule has 0 radical (unpaired) electrons. The van der Waals surface area contributed by atoms with E-state index >= 15 is 0 Å². The fourth-order valence-corrected chi connectivity index (χ4v) is 2.91. The monoisotopic (exact) mass is 375 g/mol. The molecular weight excluding hydrogens is 359 g/mol. The molecule has 3 rings (SSSR count). The predicted molar refractivity (Wildman–Crippen MR) is 92.6 cm³/mol. The number of ether oxygens (including phenoxy) is 1. The molecular formula is C20H16F3NO3. The maximum atomic E-state index is 13.0. The summed E-state index contributed by atoms with van der Waals surface area (Å²) in [5.41, 5.74) is -0.0746. The summed E-state index contributed by atoms with van der Waals surface area (Å²) in [6.07, 6.45) is -2.89. The first-order valence-electron chi connectivity index (χ1n) is 8.24. The molecule has 0 saturated carbocycles. The lowest BCUT2D eigenvalue weighted by Gasteiger charge is -2.18. The van der Waals surface area contributed by atoms with Crippen LogP contribution in [0.2, 0.25) is 0 Å². The number of cyclic esters (lactones) is 1. The first kappa shape index (κ1) is 18.7. The quantitative estimate of drug-likeness (QED) is 0.749. The number of benzene rings is 2. The number of hydrogen-bond acceptors (Lipinski definition) is 3. The molecule has 2 aromatic carbocycles. The summed E-state index contributed by atoms with van der Waals surface area (Å²) in [6, 6.07) is 13.7. The lowest BCUT2D eigenvalue weighted by atomic mass is 10.1. The molecule has 4 nitrogen and oxygen atoms in total. The fraction of sp³-hybridized carbons (Fsp3) is 0.200. The highest BCUT2D eigenvalue weighted by molar-refractivity contribution is 6.02. The lowest BCUT2D eigenvalue weighted by molar-refractivity contribution is -0.137. The minimum absolute atomic E-state index is 0.0481. The predicted octanol–water partition coefficient (Wildman–Crippen LogP) is 4.31. The molecule has 1 unspecified atom stereocenters. The van der Waals surface area contributed by atoms with Crippen LogP contribution in [0.25, 0.3) is 6.08 Å². The number of rotatable bonds is 4. The average molecular weight is 375 g/mol. The summed E-state index contributed by atoms with van der Waals surface area (Å²) < 4.78 is 44.1. The standard InChI is InChI=1S/C20H16F3NO3/c21-20(22,23)17-9-5-4-8-15(17)10-11-18(25)24-16(13-27-19(24)26)12-14-6-2-1-3-7-14/h1-11,16H,12-13H2. The minimum Gasteiger partial charge on any atom is -0.447 e. The Morgan fingerprint density at radius 3 is 2.48 bits per heavy atom. The van der Waals surface area contributed by atoms with Crippen molar-refractivity contribution in [1.29, 1.82) is 0 Å². The van der Waals surface area contributed by atoms with Crippen molar-refractivity contribution in [2.24, 2.45) is 0 Å². The molecule has 0 N–H and O–H groups in total. The molecule has 1 aliphatic rings. The first-order chi connectivity index (χ1) is 12.9. The third-order valence-corrected chi connectivity index (χ3v) is 4.18. The van der Waals surface area contributed by atoms with Gasteiger partial charge in [0.1, 0.15) is 6.61 Å². The molecule has 1 aliphatic heterocycles. The topological polar surface area (TPSA) is 46.6 Å². The summed E-state index contributed by atoms with van der Waals surface area (Å²) in [5.74, 6) is -0.713. The van der Waals surface area contributed by atoms with Gasteiger partial charge in [-0.25, -0.2) is 9.69 Å². The van der Waals surface area contributed by atoms with Gasteiger partial charge in [0, 0.05) is 6.08 Å². The van der Waals surface area contributed by atoms with E-state index in [2.05, 4.69) is 0 Å². The van der Waals surface area contributed by atoms with E-state index in [1.54, 1.807) is 0 Å². The molecule has 7 heteroatoms. The van der Waals surface area contributed by atoms with Gasteiger partial charge in [0.15, 0.2) is 0 Å². The Morgan fingerprint density at radius 1 is 1.11 bits per heavy atom. The third kappa shape index (κ3) is 4.36. The molecule has 0 spiro atoms. The van der Waals surface area contributed by atoms with Crippen molar-refractivity contribution in [2.75, 3.05) is 6.61 Å². The molecule has 2 aromatic rings. The summed E-state index contributed by atoms with van der Waals surface area (Å²) in [7, 11) is 0. The largest absolute Gasteiger partial charge is 0.447 e. The molecule has 0 bridgehead atoms. The van der Waals surface area contributed by atoms with Crippen LogP contribution >= 0.6 is 0 Å². The maximum absolute atomic E-state index is 13.0. The molecule has 1 saturated heterocycles. The Kier molecular flexibility index (Phi) is 5.30. The minimum atomic E-state index is -4.54. The van der Waals surface area contributed by atoms with Gasteiger partial charge in [-0.2, -0.15) is 13.2 Å². The number of nitrogens with zero attached hydrogens (tertiary/aromatic N) is 1. The highest BCUT2D eigenvalue weighted by Gasteiger charge is 2.37. The SMILES string of the molecule is O=C(C=Cc1ccccc1C(F)(F)F)N1C(=O)OCC1Cc1ccccc1. The fourth-order valence-electron chi connectivity index (χ4n) is 2.91. The van der Waals surface area contributed by atoms with Gasteiger partial charge in [-0.15, -0.1) is 0 Å². The number of halogens is 3. The Hall–Kier alpha value is -3.09. The van der Waals surface area contributed by atoms with E-state index in [0.29, 0.717) is 6.42 Å². The highest BCUT2D eigenvalue weighted by atomic mass is 19.4. The van der Waals surface area contributed by atoms with Crippen molar-refractivity contribution in [3.8, 4) is 0 Å². The first-order valence-corrected chi connectivity index (χ1v) is 8.24. The van der Waals surface area contributed by atoms with Gasteiger partial charge in [0.2, 0.25) is 0 Å². The van der Waals surface area contributed by atoms with Gasteiger partial charge in [0.05, 0.1) is 11.6 Å². The van der Waals surface area contributed by atoms with Crippen LogP contribution in [-0.4, -0.2) is 29.5 Å².